The lowest BCUT2D eigenvalue weighted by molar-refractivity contribution is -0.870. The minimum Gasteiger partial charge on any atom is -0.492 e. The summed E-state index contributed by atoms with van der Waals surface area (Å²) in [6.45, 7) is 4.66. The van der Waals surface area contributed by atoms with E-state index in [1.54, 1.807) is 6.26 Å². The number of hydrogen-bond acceptors (Lipinski definition) is 6. The highest BCUT2D eigenvalue weighted by Crippen LogP contribution is 2.43. The molecule has 0 radical (unpaired) electrons. The highest BCUT2D eigenvalue weighted by Gasteiger charge is 2.25. The van der Waals surface area contributed by atoms with Crippen LogP contribution < -0.4 is 0 Å². The van der Waals surface area contributed by atoms with Crippen LogP contribution in [0.3, 0.4) is 0 Å². The highest BCUT2D eigenvalue weighted by molar-refractivity contribution is 7.47. The molecule has 0 fully saturated rings. The summed E-state index contributed by atoms with van der Waals surface area (Å²) in [5.41, 5.74) is 0. The van der Waals surface area contributed by atoms with E-state index in [9.17, 15) is 14.3 Å². The highest BCUT2D eigenvalue weighted by atomic mass is 31.2. The molecule has 326 valence electrons. The average molecular weight is 817 g/mol. The van der Waals surface area contributed by atoms with Crippen molar-refractivity contribution >= 4 is 13.8 Å². The molecule has 0 heterocycles. The number of nitrogens with zero attached hydrogens (tertiary/aromatic N) is 1. The van der Waals surface area contributed by atoms with E-state index in [1.807, 2.05) is 39.4 Å². The van der Waals surface area contributed by atoms with Crippen molar-refractivity contribution in [1.82, 2.24) is 0 Å². The molecular formula is C48H83NO7P+. The predicted octanol–water partition coefficient (Wildman–Crippen LogP) is 13.4. The van der Waals surface area contributed by atoms with Gasteiger partial charge in [-0.25, -0.2) is 4.57 Å². The van der Waals surface area contributed by atoms with E-state index in [1.165, 1.54) is 57.8 Å². The van der Waals surface area contributed by atoms with Gasteiger partial charge >= 0.3 is 13.8 Å². The zero-order valence-corrected chi connectivity index (χ0v) is 37.7. The van der Waals surface area contributed by atoms with Gasteiger partial charge in [0.1, 0.15) is 19.8 Å². The molecule has 9 heteroatoms. The van der Waals surface area contributed by atoms with Gasteiger partial charge in [0.2, 0.25) is 0 Å². The number of hydrogen-bond donors (Lipinski definition) is 1. The zero-order chi connectivity index (χ0) is 42.0. The summed E-state index contributed by atoms with van der Waals surface area (Å²) in [6.07, 6.45) is 55.6. The summed E-state index contributed by atoms with van der Waals surface area (Å²) in [5, 5.41) is 0. The van der Waals surface area contributed by atoms with Gasteiger partial charge in [0, 0.05) is 6.42 Å². The number of rotatable bonds is 39. The number of phosphoric acid groups is 1. The quantitative estimate of drug-likeness (QED) is 0.0165. The molecule has 0 aliphatic carbocycles. The van der Waals surface area contributed by atoms with Crippen molar-refractivity contribution in [2.45, 2.75) is 155 Å². The molecule has 0 amide bonds. The Hall–Kier alpha value is -2.74. The molecule has 8 nitrogen and oxygen atoms in total. The Bertz CT molecular complexity index is 1230. The van der Waals surface area contributed by atoms with Crippen LogP contribution in [0.5, 0.6) is 0 Å². The summed E-state index contributed by atoms with van der Waals surface area (Å²) >= 11 is 0. The molecule has 2 atom stereocenters. The van der Waals surface area contributed by atoms with Crippen molar-refractivity contribution in [3.8, 4) is 0 Å². The Kier molecular flexibility index (Phi) is 38.1. The van der Waals surface area contributed by atoms with Crippen LogP contribution >= 0.6 is 7.82 Å². The third-order valence-electron chi connectivity index (χ3n) is 8.73. The van der Waals surface area contributed by atoms with Gasteiger partial charge in [0.15, 0.2) is 6.10 Å². The largest absolute Gasteiger partial charge is 0.492 e. The van der Waals surface area contributed by atoms with Crippen molar-refractivity contribution in [2.24, 2.45) is 0 Å². The van der Waals surface area contributed by atoms with Crippen LogP contribution in [0.25, 0.3) is 0 Å². The molecule has 0 saturated carbocycles. The fourth-order valence-electron chi connectivity index (χ4n) is 5.26. The van der Waals surface area contributed by atoms with Crippen LogP contribution in [-0.4, -0.2) is 69.0 Å². The Morgan fingerprint density at radius 2 is 1.04 bits per heavy atom. The molecule has 57 heavy (non-hydrogen) atoms. The molecule has 0 aromatic carbocycles. The molecule has 0 aliphatic heterocycles. The Balaban J connectivity index is 4.45. The molecule has 2 unspecified atom stereocenters. The lowest BCUT2D eigenvalue weighted by Crippen LogP contribution is -2.37. The molecular weight excluding hydrogens is 734 g/mol. The number of ether oxygens (including phenoxy) is 2. The molecule has 0 bridgehead atoms. The maximum Gasteiger partial charge on any atom is 0.472 e. The van der Waals surface area contributed by atoms with E-state index in [2.05, 4.69) is 86.8 Å². The van der Waals surface area contributed by atoms with Crippen LogP contribution in [0.4, 0.5) is 0 Å². The van der Waals surface area contributed by atoms with E-state index in [-0.39, 0.29) is 32.2 Å². The van der Waals surface area contributed by atoms with Crippen LogP contribution in [-0.2, 0) is 27.9 Å². The monoisotopic (exact) mass is 817 g/mol. The lowest BCUT2D eigenvalue weighted by atomic mass is 10.1. The van der Waals surface area contributed by atoms with Crippen molar-refractivity contribution in [3.63, 3.8) is 0 Å². The van der Waals surface area contributed by atoms with Gasteiger partial charge in [-0.1, -0.05) is 144 Å². The van der Waals surface area contributed by atoms with Gasteiger partial charge in [-0.05, 0) is 89.5 Å². The molecule has 0 aromatic heterocycles. The first-order valence-corrected chi connectivity index (χ1v) is 23.5. The summed E-state index contributed by atoms with van der Waals surface area (Å²) < 4.78 is 34.7. The predicted molar refractivity (Wildman–Crippen MR) is 242 cm³/mol. The van der Waals surface area contributed by atoms with E-state index < -0.39 is 13.9 Å². The van der Waals surface area contributed by atoms with Crippen molar-refractivity contribution < 1.29 is 37.3 Å². The number of allylic oxidation sites excluding steroid dienone is 15. The van der Waals surface area contributed by atoms with Gasteiger partial charge in [-0.15, -0.1) is 0 Å². The third-order valence-corrected chi connectivity index (χ3v) is 9.72. The van der Waals surface area contributed by atoms with Crippen molar-refractivity contribution in [1.29, 1.82) is 0 Å². The number of phosphoric ester groups is 1. The maximum absolute atomic E-state index is 12.5. The molecule has 0 spiro atoms. The van der Waals surface area contributed by atoms with E-state index in [0.717, 1.165) is 64.2 Å². The minimum atomic E-state index is -4.29. The second kappa shape index (κ2) is 40.1. The molecule has 0 aliphatic rings. The van der Waals surface area contributed by atoms with E-state index in [0.29, 0.717) is 17.4 Å². The standard InChI is InChI=1S/C48H82NO7P/c1-6-8-10-12-14-16-18-20-22-24-25-26-27-29-31-33-35-37-39-41-48(50)54-45-47(46-56-57(51,52)55-44-42-49(3,4)5)53-43-40-38-36-34-32-30-28-23-21-19-17-15-13-11-9-7-2/h8,10,14,16,20-23,25-26,29,31,35,37,40,43,47H,6-7,9,11-13,15,17-19,24,27-28,30,32-34,36,38-39,41-42,44-46H2,1-5H3/p+1/b10-8-,16-14-,22-20-,23-21-,26-25-,31-29-,37-35-,43-40-. The normalized spacial score (nSPS) is 14.6. The van der Waals surface area contributed by atoms with Crippen molar-refractivity contribution in [2.75, 3.05) is 47.5 Å². The van der Waals surface area contributed by atoms with Gasteiger partial charge in [0.25, 0.3) is 0 Å². The first-order chi connectivity index (χ1) is 27.6. The number of likely N-dealkylation sites (N-methyl/N-ethyl adjacent to an activating group) is 1. The topological polar surface area (TPSA) is 91.3 Å². The van der Waals surface area contributed by atoms with Crippen molar-refractivity contribution in [3.05, 3.63) is 97.4 Å². The number of carbonyl (C=O) groups excluding carboxylic acids is 1. The van der Waals surface area contributed by atoms with E-state index in [4.69, 9.17) is 18.5 Å². The van der Waals surface area contributed by atoms with E-state index >= 15 is 0 Å². The number of carbonyl (C=O) groups is 1. The average Bonchev–Trinajstić information content (AvgIpc) is 3.17. The summed E-state index contributed by atoms with van der Waals surface area (Å²) in [7, 11) is 1.61. The Morgan fingerprint density at radius 1 is 0.579 bits per heavy atom. The van der Waals surface area contributed by atoms with Gasteiger partial charge in [0.05, 0.1) is 34.0 Å². The van der Waals surface area contributed by atoms with Gasteiger partial charge in [-0.2, -0.15) is 0 Å². The first kappa shape index (κ1) is 54.3. The first-order valence-electron chi connectivity index (χ1n) is 22.0. The molecule has 0 saturated heterocycles. The second-order valence-electron chi connectivity index (χ2n) is 15.4. The summed E-state index contributed by atoms with van der Waals surface area (Å²) in [4.78, 5) is 22.6. The SMILES string of the molecule is CC/C=C\C/C=C\C/C=C\C/C=C\C/C=C\C/C=C\CCC(=O)OCC(COP(=O)(O)OCC[N+](C)(C)C)O/C=C\CCCCCC/C=C\CCCCCCCC. The molecule has 0 aromatic rings. The Labute approximate surface area is 349 Å². The Morgan fingerprint density at radius 3 is 1.54 bits per heavy atom. The molecule has 1 N–H and O–H groups in total. The number of unbranched alkanes of at least 4 members (excludes halogenated alkanes) is 11. The third kappa shape index (κ3) is 44.2. The molecule has 0 rings (SSSR count). The fraction of sp³-hybridized carbons (Fsp3) is 0.646. The minimum absolute atomic E-state index is 0.0712. The number of esters is 1. The lowest BCUT2D eigenvalue weighted by Gasteiger charge is -2.24. The summed E-state index contributed by atoms with van der Waals surface area (Å²) in [6, 6.07) is 0. The maximum atomic E-state index is 12.5. The van der Waals surface area contributed by atoms with Gasteiger partial charge in [-0.3, -0.25) is 13.8 Å². The van der Waals surface area contributed by atoms with Crippen LogP contribution in [0.2, 0.25) is 0 Å². The van der Waals surface area contributed by atoms with Crippen LogP contribution in [0.15, 0.2) is 97.4 Å². The van der Waals surface area contributed by atoms with Crippen LogP contribution in [0, 0.1) is 0 Å². The zero-order valence-electron chi connectivity index (χ0n) is 36.8. The van der Waals surface area contributed by atoms with Crippen LogP contribution in [0.1, 0.15) is 149 Å². The van der Waals surface area contributed by atoms with Gasteiger partial charge < -0.3 is 18.9 Å². The summed E-state index contributed by atoms with van der Waals surface area (Å²) in [5.74, 6) is -0.365. The fourth-order valence-corrected chi connectivity index (χ4v) is 6.00. The number of quaternary nitrogens is 1. The smallest absolute Gasteiger partial charge is 0.472 e. The second-order valence-corrected chi connectivity index (χ2v) is 16.9.